The zero-order valence-electron chi connectivity index (χ0n) is 19.0. The topological polar surface area (TPSA) is 125 Å². The molecular weight excluding hydrogens is 464 g/mol. The highest BCUT2D eigenvalue weighted by atomic mass is 35.5. The number of carbonyl (C=O) groups excluding carboxylic acids is 1. The van der Waals surface area contributed by atoms with Gasteiger partial charge in [0.2, 0.25) is 0 Å². The Morgan fingerprint density at radius 1 is 1.24 bits per heavy atom. The first-order chi connectivity index (χ1) is 16.0. The van der Waals surface area contributed by atoms with E-state index in [1.54, 1.807) is 11.0 Å². The van der Waals surface area contributed by atoms with Crippen LogP contribution in [0.15, 0.2) is 41.8 Å². The summed E-state index contributed by atoms with van der Waals surface area (Å²) in [6.07, 6.45) is 4.29. The van der Waals surface area contributed by atoms with Crippen LogP contribution in [0.2, 0.25) is 0 Å². The Balaban J connectivity index is 1.65. The molecular formula is C22H25ClN6O5. The van der Waals surface area contributed by atoms with Gasteiger partial charge in [0, 0.05) is 43.8 Å². The average molecular weight is 489 g/mol. The predicted octanol–water partition coefficient (Wildman–Crippen LogP) is 3.37. The van der Waals surface area contributed by atoms with Gasteiger partial charge in [-0.2, -0.15) is 0 Å². The Labute approximate surface area is 201 Å². The van der Waals surface area contributed by atoms with Gasteiger partial charge in [-0.3, -0.25) is 10.1 Å². The van der Waals surface area contributed by atoms with Gasteiger partial charge in [-0.25, -0.2) is 14.8 Å². The number of rotatable bonds is 3. The molecule has 0 bridgehead atoms. The van der Waals surface area contributed by atoms with E-state index in [4.69, 9.17) is 16.3 Å². The molecule has 11 nitrogen and oxygen atoms in total. The van der Waals surface area contributed by atoms with Crippen LogP contribution >= 0.6 is 11.6 Å². The normalized spacial score (nSPS) is 18.8. The number of aliphatic hydroxyl groups is 1. The number of nitro benzene ring substituents is 1. The molecule has 2 aromatic rings. The highest BCUT2D eigenvalue weighted by molar-refractivity contribution is 6.31. The van der Waals surface area contributed by atoms with Gasteiger partial charge in [-0.05, 0) is 39.0 Å². The number of halogens is 1. The molecule has 0 spiro atoms. The van der Waals surface area contributed by atoms with E-state index in [2.05, 4.69) is 9.97 Å². The number of carbonyl (C=O) groups is 1. The van der Waals surface area contributed by atoms with Crippen LogP contribution in [0.25, 0.3) is 10.9 Å². The van der Waals surface area contributed by atoms with Gasteiger partial charge >= 0.3 is 6.09 Å². The average Bonchev–Trinajstić information content (AvgIpc) is 2.78. The summed E-state index contributed by atoms with van der Waals surface area (Å²) < 4.78 is 5.44. The second-order valence-electron chi connectivity index (χ2n) is 8.96. The quantitative estimate of drug-likeness (QED) is 0.511. The minimum absolute atomic E-state index is 0.159. The summed E-state index contributed by atoms with van der Waals surface area (Å²) in [4.78, 5) is 37.4. The summed E-state index contributed by atoms with van der Waals surface area (Å²) in [5.41, 5.74) is -0.158. The summed E-state index contributed by atoms with van der Waals surface area (Å²) in [5, 5.41) is 23.1. The first kappa shape index (κ1) is 23.7. The van der Waals surface area contributed by atoms with Crippen LogP contribution in [0.1, 0.15) is 20.8 Å². The molecule has 1 amide bonds. The third-order valence-corrected chi connectivity index (χ3v) is 5.61. The van der Waals surface area contributed by atoms with Crippen LogP contribution < -0.4 is 9.80 Å². The van der Waals surface area contributed by atoms with E-state index in [1.807, 2.05) is 25.7 Å². The van der Waals surface area contributed by atoms with E-state index in [-0.39, 0.29) is 17.5 Å². The third-order valence-electron chi connectivity index (χ3n) is 5.39. The third kappa shape index (κ3) is 4.90. The van der Waals surface area contributed by atoms with Crippen LogP contribution in [0.3, 0.4) is 0 Å². The van der Waals surface area contributed by atoms with Crippen LogP contribution in [0.5, 0.6) is 0 Å². The summed E-state index contributed by atoms with van der Waals surface area (Å²) in [6, 6.07) is 2.95. The first-order valence-corrected chi connectivity index (χ1v) is 11.1. The fourth-order valence-corrected chi connectivity index (χ4v) is 4.01. The number of hydrogen-bond donors (Lipinski definition) is 1. The minimum atomic E-state index is -1.11. The van der Waals surface area contributed by atoms with Crippen molar-refractivity contribution in [3.8, 4) is 0 Å². The molecule has 1 atom stereocenters. The SMILES string of the molecule is CC(C)(C)OC(=O)N1CCN(c2ncnc3cc(N4C=C(Cl)C=CC4O)c([N+](=O)[O-])cc23)CC1. The van der Waals surface area contributed by atoms with Gasteiger partial charge in [-0.1, -0.05) is 11.6 Å². The number of hydrogen-bond acceptors (Lipinski definition) is 9. The molecule has 4 rings (SSSR count). The molecule has 34 heavy (non-hydrogen) atoms. The highest BCUT2D eigenvalue weighted by Gasteiger charge is 2.29. The lowest BCUT2D eigenvalue weighted by Crippen LogP contribution is -2.50. The van der Waals surface area contributed by atoms with Crippen molar-refractivity contribution in [2.24, 2.45) is 0 Å². The van der Waals surface area contributed by atoms with Crippen molar-refractivity contribution in [2.75, 3.05) is 36.0 Å². The zero-order chi connectivity index (χ0) is 24.6. The first-order valence-electron chi connectivity index (χ1n) is 10.7. The Morgan fingerprint density at radius 2 is 1.94 bits per heavy atom. The lowest BCUT2D eigenvalue weighted by molar-refractivity contribution is -0.384. The van der Waals surface area contributed by atoms with E-state index in [9.17, 15) is 20.0 Å². The molecule has 1 saturated heterocycles. The van der Waals surface area contributed by atoms with Gasteiger partial charge in [0.05, 0.1) is 15.5 Å². The van der Waals surface area contributed by atoms with Crippen molar-refractivity contribution in [1.29, 1.82) is 0 Å². The number of piperazine rings is 1. The molecule has 0 saturated carbocycles. The van der Waals surface area contributed by atoms with Crippen molar-refractivity contribution < 1.29 is 19.6 Å². The standard InChI is InChI=1S/C22H25ClN6O5/c1-22(2,3)34-21(31)27-8-6-26(7-9-27)20-15-10-18(29(32)33)17(11-16(15)24-13-25-20)28-12-14(23)4-5-19(28)30/h4-5,10-13,19,30H,6-9H2,1-3H3. The van der Waals surface area contributed by atoms with E-state index in [0.29, 0.717) is 47.9 Å². The molecule has 2 aliphatic heterocycles. The van der Waals surface area contributed by atoms with E-state index in [1.165, 1.54) is 35.6 Å². The minimum Gasteiger partial charge on any atom is -0.444 e. The van der Waals surface area contributed by atoms with Crippen LogP contribution in [-0.2, 0) is 4.74 Å². The maximum Gasteiger partial charge on any atom is 0.410 e. The van der Waals surface area contributed by atoms with Crippen molar-refractivity contribution >= 4 is 45.8 Å². The number of anilines is 2. The highest BCUT2D eigenvalue weighted by Crippen LogP contribution is 2.37. The summed E-state index contributed by atoms with van der Waals surface area (Å²) >= 11 is 6.06. The van der Waals surface area contributed by atoms with Crippen LogP contribution in [-0.4, -0.2) is 69.0 Å². The number of ether oxygens (including phenoxy) is 1. The molecule has 1 aromatic carbocycles. The zero-order valence-corrected chi connectivity index (χ0v) is 19.8. The Hall–Kier alpha value is -3.44. The lowest BCUT2D eigenvalue weighted by atomic mass is 10.1. The molecule has 3 heterocycles. The summed E-state index contributed by atoms with van der Waals surface area (Å²) in [7, 11) is 0. The molecule has 1 unspecified atom stereocenters. The van der Waals surface area contributed by atoms with Crippen molar-refractivity contribution in [2.45, 2.75) is 32.6 Å². The molecule has 180 valence electrons. The number of allylic oxidation sites excluding steroid dienone is 2. The molecule has 0 aliphatic carbocycles. The van der Waals surface area contributed by atoms with Gasteiger partial charge in [0.1, 0.15) is 23.4 Å². The number of aromatic nitrogens is 2. The lowest BCUT2D eigenvalue weighted by Gasteiger charge is -2.36. The predicted molar refractivity (Wildman–Crippen MR) is 128 cm³/mol. The maximum absolute atomic E-state index is 12.4. The van der Waals surface area contributed by atoms with Crippen molar-refractivity contribution in [3.63, 3.8) is 0 Å². The van der Waals surface area contributed by atoms with E-state index >= 15 is 0 Å². The second kappa shape index (κ2) is 9.07. The summed E-state index contributed by atoms with van der Waals surface area (Å²) in [5.74, 6) is 0.538. The summed E-state index contributed by atoms with van der Waals surface area (Å²) in [6.45, 7) is 7.27. The van der Waals surface area contributed by atoms with E-state index < -0.39 is 16.8 Å². The molecule has 0 radical (unpaired) electrons. The Bertz CT molecular complexity index is 1190. The fourth-order valence-electron chi connectivity index (χ4n) is 3.83. The molecule has 1 aromatic heterocycles. The molecule has 1 N–H and O–H groups in total. The van der Waals surface area contributed by atoms with Gasteiger partial charge in [0.15, 0.2) is 6.23 Å². The van der Waals surface area contributed by atoms with Gasteiger partial charge < -0.3 is 24.5 Å². The smallest absolute Gasteiger partial charge is 0.410 e. The van der Waals surface area contributed by atoms with E-state index in [0.717, 1.165) is 0 Å². The molecule has 2 aliphatic rings. The molecule has 1 fully saturated rings. The largest absolute Gasteiger partial charge is 0.444 e. The van der Waals surface area contributed by atoms with Gasteiger partial charge in [0.25, 0.3) is 5.69 Å². The number of nitrogens with zero attached hydrogens (tertiary/aromatic N) is 6. The Morgan fingerprint density at radius 3 is 2.59 bits per heavy atom. The number of fused-ring (bicyclic) bond motifs is 1. The monoisotopic (exact) mass is 488 g/mol. The van der Waals surface area contributed by atoms with Crippen LogP contribution in [0, 0.1) is 10.1 Å². The number of aliphatic hydroxyl groups excluding tert-OH is 1. The number of nitro groups is 1. The van der Waals surface area contributed by atoms with Crippen molar-refractivity contribution in [1.82, 2.24) is 14.9 Å². The van der Waals surface area contributed by atoms with Crippen LogP contribution in [0.4, 0.5) is 22.0 Å². The van der Waals surface area contributed by atoms with Gasteiger partial charge in [-0.15, -0.1) is 0 Å². The Kier molecular flexibility index (Phi) is 6.32. The number of benzene rings is 1. The second-order valence-corrected chi connectivity index (χ2v) is 9.40. The van der Waals surface area contributed by atoms with Crippen molar-refractivity contribution in [3.05, 3.63) is 52.0 Å². The maximum atomic E-state index is 12.4. The fraction of sp³-hybridized carbons (Fsp3) is 0.409. The number of amides is 1. The molecule has 12 heteroatoms.